The molecular formula is C20H20N4O5S. The van der Waals surface area contributed by atoms with Crippen LogP contribution >= 0.6 is 0 Å². The molecule has 1 amide bonds. The van der Waals surface area contributed by atoms with Crippen molar-refractivity contribution in [3.05, 3.63) is 58.8 Å². The Kier molecular flexibility index (Phi) is 6.03. The zero-order valence-corrected chi connectivity index (χ0v) is 17.0. The van der Waals surface area contributed by atoms with Crippen LogP contribution in [0.5, 0.6) is 0 Å². The summed E-state index contributed by atoms with van der Waals surface area (Å²) >= 11 is 0. The van der Waals surface area contributed by atoms with E-state index in [9.17, 15) is 23.3 Å². The maximum absolute atomic E-state index is 12.2. The number of aryl methyl sites for hydroxylation is 1. The van der Waals surface area contributed by atoms with Crippen LogP contribution < -0.4 is 9.62 Å². The Hall–Kier alpha value is -3.45. The monoisotopic (exact) mass is 428 g/mol. The number of nitrogens with zero attached hydrogens (tertiary/aromatic N) is 3. The van der Waals surface area contributed by atoms with Crippen molar-refractivity contribution >= 4 is 27.7 Å². The largest absolute Gasteiger partial charge is 0.478 e. The van der Waals surface area contributed by atoms with Crippen LogP contribution in [0.25, 0.3) is 0 Å². The first-order valence-corrected chi connectivity index (χ1v) is 10.8. The Bertz CT molecular complexity index is 1120. The quantitative estimate of drug-likeness (QED) is 0.675. The summed E-state index contributed by atoms with van der Waals surface area (Å²) in [4.78, 5) is 29.4. The van der Waals surface area contributed by atoms with E-state index in [-0.39, 0.29) is 29.2 Å². The number of sulfonamides is 1. The number of aromatic nitrogens is 1. The van der Waals surface area contributed by atoms with Crippen LogP contribution in [0.1, 0.15) is 33.6 Å². The number of carbonyl (C=O) groups excluding carboxylic acids is 1. The van der Waals surface area contributed by atoms with E-state index in [1.807, 2.05) is 6.07 Å². The topological polar surface area (TPSA) is 140 Å². The third-order valence-corrected chi connectivity index (χ3v) is 6.00. The minimum absolute atomic E-state index is 0.0264. The maximum Gasteiger partial charge on any atom is 0.337 e. The zero-order chi connectivity index (χ0) is 21.9. The van der Waals surface area contributed by atoms with Gasteiger partial charge >= 0.3 is 5.97 Å². The standard InChI is InChI=1S/C20H20N4O5S/c1-13-17(20(26)27)8-16(9-21)19(22-13)24-10-15(11-24)7-18(25)23-30(28,29)12-14-5-3-2-4-6-14/h2-6,8,15H,7,10-12H2,1H3,(H,23,25)(H,26,27). The molecule has 0 saturated carbocycles. The van der Waals surface area contributed by atoms with Gasteiger partial charge in [-0.15, -0.1) is 0 Å². The molecule has 30 heavy (non-hydrogen) atoms. The van der Waals surface area contributed by atoms with Crippen molar-refractivity contribution in [3.8, 4) is 6.07 Å². The highest BCUT2D eigenvalue weighted by Crippen LogP contribution is 2.29. The number of rotatable bonds is 7. The molecule has 0 bridgehead atoms. The molecule has 2 heterocycles. The Morgan fingerprint density at radius 2 is 1.97 bits per heavy atom. The number of carboxylic acids is 1. The van der Waals surface area contributed by atoms with Gasteiger partial charge in [0.25, 0.3) is 0 Å². The molecule has 1 fully saturated rings. The lowest BCUT2D eigenvalue weighted by Gasteiger charge is -2.40. The number of aromatic carboxylic acids is 1. The first kappa shape index (κ1) is 21.3. The van der Waals surface area contributed by atoms with Crippen LogP contribution in [0.4, 0.5) is 5.82 Å². The molecule has 0 unspecified atom stereocenters. The first-order valence-electron chi connectivity index (χ1n) is 9.15. The molecule has 1 aliphatic heterocycles. The van der Waals surface area contributed by atoms with E-state index in [0.717, 1.165) is 0 Å². The van der Waals surface area contributed by atoms with Crippen LogP contribution in [0.15, 0.2) is 36.4 Å². The number of nitrogens with one attached hydrogen (secondary N) is 1. The minimum Gasteiger partial charge on any atom is -0.478 e. The predicted molar refractivity (Wildman–Crippen MR) is 108 cm³/mol. The Morgan fingerprint density at radius 3 is 2.57 bits per heavy atom. The van der Waals surface area contributed by atoms with Crippen LogP contribution in [0.2, 0.25) is 0 Å². The molecule has 0 atom stereocenters. The Labute approximate surface area is 174 Å². The average molecular weight is 428 g/mol. The van der Waals surface area contributed by atoms with E-state index >= 15 is 0 Å². The maximum atomic E-state index is 12.2. The Morgan fingerprint density at radius 1 is 1.30 bits per heavy atom. The molecule has 156 valence electrons. The molecule has 1 aromatic heterocycles. The van der Waals surface area contributed by atoms with E-state index in [2.05, 4.69) is 9.71 Å². The van der Waals surface area contributed by atoms with Gasteiger partial charge in [-0.2, -0.15) is 5.26 Å². The molecule has 0 spiro atoms. The number of pyridine rings is 1. The summed E-state index contributed by atoms with van der Waals surface area (Å²) in [5.74, 6) is -1.74. The van der Waals surface area contributed by atoms with Gasteiger partial charge in [0.2, 0.25) is 15.9 Å². The lowest BCUT2D eigenvalue weighted by molar-refractivity contribution is -0.120. The molecule has 1 aromatic carbocycles. The summed E-state index contributed by atoms with van der Waals surface area (Å²) < 4.78 is 26.4. The molecule has 9 nitrogen and oxygen atoms in total. The van der Waals surface area contributed by atoms with Gasteiger partial charge in [-0.3, -0.25) is 9.52 Å². The summed E-state index contributed by atoms with van der Waals surface area (Å²) in [6.07, 6.45) is 0.0264. The van der Waals surface area contributed by atoms with E-state index in [1.165, 1.54) is 6.07 Å². The molecule has 2 aromatic rings. The van der Waals surface area contributed by atoms with E-state index in [1.54, 1.807) is 42.2 Å². The molecule has 3 rings (SSSR count). The number of hydrogen-bond acceptors (Lipinski definition) is 7. The van der Waals surface area contributed by atoms with Gasteiger partial charge in [-0.05, 0) is 18.6 Å². The lowest BCUT2D eigenvalue weighted by Crippen LogP contribution is -2.49. The highest BCUT2D eigenvalue weighted by molar-refractivity contribution is 7.89. The van der Waals surface area contributed by atoms with Crippen LogP contribution in [0, 0.1) is 24.2 Å². The molecule has 0 radical (unpaired) electrons. The van der Waals surface area contributed by atoms with Gasteiger partial charge in [0.1, 0.15) is 11.9 Å². The van der Waals surface area contributed by atoms with Crippen molar-refractivity contribution < 1.29 is 23.1 Å². The first-order chi connectivity index (χ1) is 14.2. The zero-order valence-electron chi connectivity index (χ0n) is 16.2. The number of benzene rings is 1. The molecule has 2 N–H and O–H groups in total. The second-order valence-electron chi connectivity index (χ2n) is 7.15. The minimum atomic E-state index is -3.78. The third kappa shape index (κ3) is 4.93. The summed E-state index contributed by atoms with van der Waals surface area (Å²) in [5.41, 5.74) is 0.995. The lowest BCUT2D eigenvalue weighted by atomic mass is 9.95. The Balaban J connectivity index is 1.57. The van der Waals surface area contributed by atoms with Gasteiger partial charge < -0.3 is 10.0 Å². The van der Waals surface area contributed by atoms with Gasteiger partial charge in [0, 0.05) is 25.4 Å². The van der Waals surface area contributed by atoms with E-state index in [0.29, 0.717) is 30.2 Å². The number of carbonyl (C=O) groups is 2. The predicted octanol–water partition coefficient (Wildman–Crippen LogP) is 1.43. The molecule has 10 heteroatoms. The summed E-state index contributed by atoms with van der Waals surface area (Å²) in [6, 6.07) is 11.8. The smallest absolute Gasteiger partial charge is 0.337 e. The average Bonchev–Trinajstić information content (AvgIpc) is 2.63. The second kappa shape index (κ2) is 8.51. The number of nitriles is 1. The number of hydrogen-bond donors (Lipinski definition) is 2. The van der Waals surface area contributed by atoms with Crippen molar-refractivity contribution in [3.63, 3.8) is 0 Å². The SMILES string of the molecule is Cc1nc(N2CC(CC(=O)NS(=O)(=O)Cc3ccccc3)C2)c(C#N)cc1C(=O)O. The van der Waals surface area contributed by atoms with Gasteiger partial charge in [0.05, 0.1) is 22.6 Å². The highest BCUT2D eigenvalue weighted by Gasteiger charge is 2.32. The number of amides is 1. The molecule has 1 saturated heterocycles. The summed E-state index contributed by atoms with van der Waals surface area (Å²) in [5, 5.41) is 18.5. The third-order valence-electron chi connectivity index (χ3n) is 4.74. The summed E-state index contributed by atoms with van der Waals surface area (Å²) in [7, 11) is -3.78. The van der Waals surface area contributed by atoms with Gasteiger partial charge in [0.15, 0.2) is 0 Å². The highest BCUT2D eigenvalue weighted by atomic mass is 32.2. The van der Waals surface area contributed by atoms with Crippen molar-refractivity contribution in [1.82, 2.24) is 9.71 Å². The molecule has 1 aliphatic rings. The van der Waals surface area contributed by atoms with E-state index < -0.39 is 21.9 Å². The van der Waals surface area contributed by atoms with Crippen molar-refractivity contribution in [2.75, 3.05) is 18.0 Å². The fourth-order valence-electron chi connectivity index (χ4n) is 3.31. The van der Waals surface area contributed by atoms with Crippen molar-refractivity contribution in [2.24, 2.45) is 5.92 Å². The van der Waals surface area contributed by atoms with Gasteiger partial charge in [-0.25, -0.2) is 18.2 Å². The fraction of sp³-hybridized carbons (Fsp3) is 0.300. The normalized spacial score (nSPS) is 13.9. The van der Waals surface area contributed by atoms with Crippen LogP contribution in [-0.2, 0) is 20.6 Å². The van der Waals surface area contributed by atoms with E-state index in [4.69, 9.17) is 5.11 Å². The van der Waals surface area contributed by atoms with Crippen molar-refractivity contribution in [1.29, 1.82) is 5.26 Å². The fourth-order valence-corrected chi connectivity index (χ4v) is 4.45. The number of carboxylic acid groups (broad SMARTS) is 1. The second-order valence-corrected chi connectivity index (χ2v) is 8.88. The number of anilines is 1. The molecular weight excluding hydrogens is 408 g/mol. The van der Waals surface area contributed by atoms with Gasteiger partial charge in [-0.1, -0.05) is 30.3 Å². The van der Waals surface area contributed by atoms with Crippen LogP contribution in [0.3, 0.4) is 0 Å². The molecule has 0 aliphatic carbocycles. The van der Waals surface area contributed by atoms with Crippen molar-refractivity contribution in [2.45, 2.75) is 19.1 Å². The summed E-state index contributed by atoms with van der Waals surface area (Å²) in [6.45, 7) is 2.38. The van der Waals surface area contributed by atoms with Crippen LogP contribution in [-0.4, -0.2) is 43.5 Å².